The molecule has 1 aromatic rings. The van der Waals surface area contributed by atoms with E-state index < -0.39 is 0 Å². The third kappa shape index (κ3) is 3.81. The highest BCUT2D eigenvalue weighted by Gasteiger charge is 2.29. The number of amides is 1. The van der Waals surface area contributed by atoms with Gasteiger partial charge < -0.3 is 14.7 Å². The largest absolute Gasteiger partial charge is 0.384 e. The van der Waals surface area contributed by atoms with Crippen LogP contribution in [0, 0.1) is 17.8 Å². The van der Waals surface area contributed by atoms with Gasteiger partial charge in [0.2, 0.25) is 0 Å². The van der Waals surface area contributed by atoms with Crippen molar-refractivity contribution < 1.29 is 14.6 Å². The molecule has 1 amide bonds. The van der Waals surface area contributed by atoms with Crippen molar-refractivity contribution in [2.45, 2.75) is 19.4 Å². The van der Waals surface area contributed by atoms with Gasteiger partial charge in [0.1, 0.15) is 12.3 Å². The highest BCUT2D eigenvalue weighted by Crippen LogP contribution is 2.20. The average Bonchev–Trinajstić information content (AvgIpc) is 2.53. The fourth-order valence-electron chi connectivity index (χ4n) is 2.42. The summed E-state index contributed by atoms with van der Waals surface area (Å²) in [7, 11) is 1.68. The molecular formula is C16H20N2O3. The molecule has 21 heavy (non-hydrogen) atoms. The maximum absolute atomic E-state index is 12.4. The maximum atomic E-state index is 12.4. The van der Waals surface area contributed by atoms with Crippen LogP contribution >= 0.6 is 0 Å². The van der Waals surface area contributed by atoms with E-state index in [1.54, 1.807) is 30.3 Å². The molecule has 1 N–H and O–H groups in total. The average molecular weight is 288 g/mol. The predicted molar refractivity (Wildman–Crippen MR) is 78.7 cm³/mol. The molecule has 1 aliphatic rings. The summed E-state index contributed by atoms with van der Waals surface area (Å²) in [6.07, 6.45) is 2.57. The first kappa shape index (κ1) is 15.5. The van der Waals surface area contributed by atoms with Crippen LogP contribution in [-0.4, -0.2) is 53.8 Å². The number of aromatic nitrogens is 1. The van der Waals surface area contributed by atoms with Gasteiger partial charge in [-0.1, -0.05) is 18.8 Å². The number of aliphatic hydroxyl groups excluding tert-OH is 1. The van der Waals surface area contributed by atoms with Crippen molar-refractivity contribution in [1.29, 1.82) is 0 Å². The lowest BCUT2D eigenvalue weighted by molar-refractivity contribution is -0.00177. The van der Waals surface area contributed by atoms with Gasteiger partial charge in [-0.25, -0.2) is 4.98 Å². The van der Waals surface area contributed by atoms with Gasteiger partial charge in [-0.2, -0.15) is 0 Å². The van der Waals surface area contributed by atoms with Gasteiger partial charge in [-0.3, -0.25) is 4.79 Å². The summed E-state index contributed by atoms with van der Waals surface area (Å²) in [5, 5.41) is 8.64. The van der Waals surface area contributed by atoms with Crippen LogP contribution in [0.15, 0.2) is 18.3 Å². The minimum atomic E-state index is -0.189. The highest BCUT2D eigenvalue weighted by molar-refractivity contribution is 5.92. The van der Waals surface area contributed by atoms with Crippen molar-refractivity contribution in [2.24, 2.45) is 5.92 Å². The topological polar surface area (TPSA) is 62.7 Å². The second-order valence-corrected chi connectivity index (χ2v) is 5.18. The van der Waals surface area contributed by atoms with Crippen molar-refractivity contribution in [3.8, 4) is 11.8 Å². The van der Waals surface area contributed by atoms with Crippen molar-refractivity contribution in [1.82, 2.24) is 9.88 Å². The van der Waals surface area contributed by atoms with Crippen LogP contribution < -0.4 is 0 Å². The lowest BCUT2D eigenvalue weighted by Crippen LogP contribution is -2.46. The molecular weight excluding hydrogens is 268 g/mol. The Balaban J connectivity index is 2.06. The summed E-state index contributed by atoms with van der Waals surface area (Å²) in [4.78, 5) is 18.4. The maximum Gasteiger partial charge on any atom is 0.272 e. The van der Waals surface area contributed by atoms with Crippen molar-refractivity contribution in [3.63, 3.8) is 0 Å². The number of hydrogen-bond acceptors (Lipinski definition) is 4. The van der Waals surface area contributed by atoms with E-state index in [1.807, 2.05) is 0 Å². The van der Waals surface area contributed by atoms with Crippen LogP contribution in [0.4, 0.5) is 0 Å². The molecule has 112 valence electrons. The van der Waals surface area contributed by atoms with Crippen molar-refractivity contribution in [2.75, 3.05) is 26.8 Å². The third-order valence-corrected chi connectivity index (χ3v) is 3.77. The fraction of sp³-hybridized carbons (Fsp3) is 0.500. The summed E-state index contributed by atoms with van der Waals surface area (Å²) < 4.78 is 5.43. The second-order valence-electron chi connectivity index (χ2n) is 5.18. The van der Waals surface area contributed by atoms with Gasteiger partial charge in [-0.15, -0.1) is 0 Å². The lowest BCUT2D eigenvalue weighted by atomic mass is 9.95. The van der Waals surface area contributed by atoms with Crippen LogP contribution in [0.1, 0.15) is 29.4 Å². The Kier molecular flexibility index (Phi) is 5.32. The number of aliphatic hydroxyl groups is 1. The lowest BCUT2D eigenvalue weighted by Gasteiger charge is -2.36. The monoisotopic (exact) mass is 288 g/mol. The highest BCUT2D eigenvalue weighted by atomic mass is 16.5. The molecule has 5 nitrogen and oxygen atoms in total. The Bertz CT molecular complexity index is 545. The molecule has 0 aromatic carbocycles. The van der Waals surface area contributed by atoms with Crippen LogP contribution in [0.3, 0.4) is 0 Å². The number of piperidine rings is 1. The Morgan fingerprint density at radius 3 is 3.00 bits per heavy atom. The summed E-state index contributed by atoms with van der Waals surface area (Å²) in [5.74, 6) is 5.69. The molecule has 2 rings (SSSR count). The van der Waals surface area contributed by atoms with Crippen LogP contribution in [-0.2, 0) is 4.74 Å². The first-order chi connectivity index (χ1) is 10.2. The van der Waals surface area contributed by atoms with E-state index in [4.69, 9.17) is 9.84 Å². The van der Waals surface area contributed by atoms with E-state index in [1.165, 1.54) is 0 Å². The Morgan fingerprint density at radius 1 is 1.57 bits per heavy atom. The zero-order chi connectivity index (χ0) is 15.2. The predicted octanol–water partition coefficient (Wildman–Crippen LogP) is 0.922. The smallest absolute Gasteiger partial charge is 0.272 e. The van der Waals surface area contributed by atoms with Crippen molar-refractivity contribution >= 4 is 5.91 Å². The quantitative estimate of drug-likeness (QED) is 0.822. The number of carbonyl (C=O) groups is 1. The first-order valence-corrected chi connectivity index (χ1v) is 7.03. The number of rotatable bonds is 2. The molecule has 2 unspecified atom stereocenters. The molecule has 0 spiro atoms. The Labute approximate surface area is 124 Å². The minimum absolute atomic E-state index is 0.0781. The standard InChI is InChI=1S/C16H20N2O3/c1-12-7-8-18(11-15(12)21-2)16(20)14-6-5-13(10-17-14)4-3-9-19/h5-6,10,12,15,19H,7-9,11H2,1-2H3. The molecule has 2 atom stereocenters. The summed E-state index contributed by atoms with van der Waals surface area (Å²) in [6.45, 7) is 3.28. The van der Waals surface area contributed by atoms with Crippen LogP contribution in [0.2, 0.25) is 0 Å². The number of ether oxygens (including phenoxy) is 1. The molecule has 0 saturated carbocycles. The number of nitrogens with zero attached hydrogens (tertiary/aromatic N) is 2. The van der Waals surface area contributed by atoms with Gasteiger partial charge in [0, 0.05) is 32.0 Å². The van der Waals surface area contributed by atoms with E-state index in [-0.39, 0.29) is 18.6 Å². The number of carbonyl (C=O) groups excluding carboxylic acids is 1. The SMILES string of the molecule is COC1CN(C(=O)c2ccc(C#CCO)cn2)CCC1C. The zero-order valence-electron chi connectivity index (χ0n) is 12.4. The van der Waals surface area contributed by atoms with E-state index in [2.05, 4.69) is 23.7 Å². The zero-order valence-corrected chi connectivity index (χ0v) is 12.4. The van der Waals surface area contributed by atoms with E-state index in [9.17, 15) is 4.79 Å². The van der Waals surface area contributed by atoms with E-state index in [0.29, 0.717) is 23.7 Å². The molecule has 2 heterocycles. The van der Waals surface area contributed by atoms with Gasteiger partial charge in [0.25, 0.3) is 5.91 Å². The number of methoxy groups -OCH3 is 1. The Morgan fingerprint density at radius 2 is 2.38 bits per heavy atom. The number of likely N-dealkylation sites (tertiary alicyclic amines) is 1. The first-order valence-electron chi connectivity index (χ1n) is 7.03. The summed E-state index contributed by atoms with van der Waals surface area (Å²) >= 11 is 0. The molecule has 1 aliphatic heterocycles. The molecule has 1 aromatic heterocycles. The minimum Gasteiger partial charge on any atom is -0.384 e. The van der Waals surface area contributed by atoms with Gasteiger partial charge in [0.05, 0.1) is 6.10 Å². The number of hydrogen-bond donors (Lipinski definition) is 1. The fourth-order valence-corrected chi connectivity index (χ4v) is 2.42. The van der Waals surface area contributed by atoms with Gasteiger partial charge in [0.15, 0.2) is 0 Å². The van der Waals surface area contributed by atoms with E-state index >= 15 is 0 Å². The second kappa shape index (κ2) is 7.21. The normalized spacial score (nSPS) is 21.6. The number of pyridine rings is 1. The molecule has 1 saturated heterocycles. The summed E-state index contributed by atoms with van der Waals surface area (Å²) in [6, 6.07) is 3.41. The van der Waals surface area contributed by atoms with E-state index in [0.717, 1.165) is 13.0 Å². The molecule has 0 bridgehead atoms. The van der Waals surface area contributed by atoms with Crippen molar-refractivity contribution in [3.05, 3.63) is 29.6 Å². The van der Waals surface area contributed by atoms with Gasteiger partial charge in [-0.05, 0) is 24.5 Å². The molecule has 0 radical (unpaired) electrons. The molecule has 1 fully saturated rings. The molecule has 0 aliphatic carbocycles. The van der Waals surface area contributed by atoms with Crippen LogP contribution in [0.25, 0.3) is 0 Å². The Hall–Kier alpha value is -1.90. The third-order valence-electron chi connectivity index (χ3n) is 3.77. The van der Waals surface area contributed by atoms with Gasteiger partial charge >= 0.3 is 0 Å². The molecule has 5 heteroatoms. The van der Waals surface area contributed by atoms with Crippen LogP contribution in [0.5, 0.6) is 0 Å². The summed E-state index contributed by atoms with van der Waals surface area (Å²) in [5.41, 5.74) is 1.09.